The van der Waals surface area contributed by atoms with Gasteiger partial charge in [0.1, 0.15) is 11.6 Å². The van der Waals surface area contributed by atoms with E-state index in [9.17, 15) is 0 Å². The number of thioether (sulfide) groups is 1. The summed E-state index contributed by atoms with van der Waals surface area (Å²) in [6.07, 6.45) is 6.15. The largest absolute Gasteiger partial charge is 0.314 e. The minimum Gasteiger partial charge on any atom is -0.314 e. The molecule has 1 aliphatic heterocycles. The molecule has 0 bridgehead atoms. The Morgan fingerprint density at radius 2 is 2.21 bits per heavy atom. The van der Waals surface area contributed by atoms with Crippen LogP contribution in [-0.4, -0.2) is 32.8 Å². The fourth-order valence-electron chi connectivity index (χ4n) is 2.56. The molecule has 1 N–H and O–H groups in total. The van der Waals surface area contributed by atoms with E-state index in [4.69, 9.17) is 0 Å². The quantitative estimate of drug-likeness (QED) is 0.781. The van der Waals surface area contributed by atoms with Gasteiger partial charge in [0.25, 0.3) is 0 Å². The summed E-state index contributed by atoms with van der Waals surface area (Å²) in [5.74, 6) is 4.77. The maximum atomic E-state index is 4.40. The van der Waals surface area contributed by atoms with Crippen molar-refractivity contribution in [2.24, 2.45) is 0 Å². The SMILES string of the molecule is CCSCCCNC(C)c1nnc2n1CCCCC2. The molecule has 5 heteroatoms. The predicted molar refractivity (Wildman–Crippen MR) is 81.6 cm³/mol. The maximum Gasteiger partial charge on any atom is 0.149 e. The summed E-state index contributed by atoms with van der Waals surface area (Å²) >= 11 is 2.01. The van der Waals surface area contributed by atoms with E-state index in [-0.39, 0.29) is 0 Å². The molecule has 0 radical (unpaired) electrons. The Hall–Kier alpha value is -0.550. The van der Waals surface area contributed by atoms with Crippen molar-refractivity contribution >= 4 is 11.8 Å². The first-order valence-corrected chi connectivity index (χ1v) is 8.71. The molecule has 0 amide bonds. The van der Waals surface area contributed by atoms with Crippen molar-refractivity contribution in [2.75, 3.05) is 18.1 Å². The van der Waals surface area contributed by atoms with Gasteiger partial charge in [-0.25, -0.2) is 0 Å². The van der Waals surface area contributed by atoms with Crippen molar-refractivity contribution in [1.82, 2.24) is 20.1 Å². The topological polar surface area (TPSA) is 42.7 Å². The Labute approximate surface area is 120 Å². The van der Waals surface area contributed by atoms with Crippen molar-refractivity contribution in [2.45, 2.75) is 58.5 Å². The van der Waals surface area contributed by atoms with Crippen molar-refractivity contribution in [3.05, 3.63) is 11.6 Å². The summed E-state index contributed by atoms with van der Waals surface area (Å²) in [5, 5.41) is 12.3. The zero-order valence-corrected chi connectivity index (χ0v) is 13.0. The van der Waals surface area contributed by atoms with E-state index in [1.54, 1.807) is 0 Å². The van der Waals surface area contributed by atoms with E-state index in [0.29, 0.717) is 6.04 Å². The summed E-state index contributed by atoms with van der Waals surface area (Å²) in [4.78, 5) is 0. The van der Waals surface area contributed by atoms with Gasteiger partial charge in [-0.15, -0.1) is 10.2 Å². The average Bonchev–Trinajstić information content (AvgIpc) is 2.67. The molecule has 19 heavy (non-hydrogen) atoms. The molecule has 0 aromatic carbocycles. The van der Waals surface area contributed by atoms with Crippen LogP contribution in [0.15, 0.2) is 0 Å². The van der Waals surface area contributed by atoms with Gasteiger partial charge in [-0.05, 0) is 44.2 Å². The molecule has 1 aromatic heterocycles. The molecule has 4 nitrogen and oxygen atoms in total. The second-order valence-corrected chi connectivity index (χ2v) is 6.56. The fourth-order valence-corrected chi connectivity index (χ4v) is 3.19. The molecule has 108 valence electrons. The van der Waals surface area contributed by atoms with Crippen LogP contribution in [0.4, 0.5) is 0 Å². The van der Waals surface area contributed by atoms with Crippen LogP contribution in [0.2, 0.25) is 0 Å². The van der Waals surface area contributed by atoms with Gasteiger partial charge in [0.15, 0.2) is 0 Å². The molecule has 2 rings (SSSR count). The molecule has 0 spiro atoms. The highest BCUT2D eigenvalue weighted by Gasteiger charge is 2.18. The van der Waals surface area contributed by atoms with Crippen LogP contribution in [0.5, 0.6) is 0 Å². The Bertz CT molecular complexity index is 378. The minimum atomic E-state index is 0.311. The number of aryl methyl sites for hydroxylation is 1. The molecule has 0 saturated carbocycles. The zero-order chi connectivity index (χ0) is 13.5. The second kappa shape index (κ2) is 7.90. The van der Waals surface area contributed by atoms with Crippen LogP contribution in [0.1, 0.15) is 57.2 Å². The van der Waals surface area contributed by atoms with Crippen LogP contribution in [0.3, 0.4) is 0 Å². The molecule has 0 aliphatic carbocycles. The monoisotopic (exact) mass is 282 g/mol. The van der Waals surface area contributed by atoms with Crippen molar-refractivity contribution in [3.8, 4) is 0 Å². The van der Waals surface area contributed by atoms with E-state index < -0.39 is 0 Å². The van der Waals surface area contributed by atoms with Crippen LogP contribution in [-0.2, 0) is 13.0 Å². The molecular formula is C14H26N4S. The van der Waals surface area contributed by atoms with Gasteiger partial charge in [0, 0.05) is 13.0 Å². The predicted octanol–water partition coefficient (Wildman–Crippen LogP) is 2.80. The molecule has 1 atom stereocenters. The molecule has 1 unspecified atom stereocenters. The number of hydrogen-bond donors (Lipinski definition) is 1. The lowest BCUT2D eigenvalue weighted by molar-refractivity contribution is 0.503. The van der Waals surface area contributed by atoms with Gasteiger partial charge >= 0.3 is 0 Å². The number of rotatable bonds is 7. The number of aromatic nitrogens is 3. The van der Waals surface area contributed by atoms with Crippen LogP contribution < -0.4 is 5.32 Å². The van der Waals surface area contributed by atoms with Crippen molar-refractivity contribution < 1.29 is 0 Å². The molecule has 1 aromatic rings. The normalized spacial score (nSPS) is 16.9. The van der Waals surface area contributed by atoms with E-state index in [0.717, 1.165) is 25.3 Å². The minimum absolute atomic E-state index is 0.311. The molecule has 2 heterocycles. The summed E-state index contributed by atoms with van der Waals surface area (Å²) < 4.78 is 2.34. The first-order valence-electron chi connectivity index (χ1n) is 7.56. The number of nitrogens with one attached hydrogen (secondary N) is 1. The van der Waals surface area contributed by atoms with E-state index >= 15 is 0 Å². The van der Waals surface area contributed by atoms with Crippen molar-refractivity contribution in [3.63, 3.8) is 0 Å². The standard InChI is InChI=1S/C14H26N4S/c1-3-19-11-7-9-15-12(2)14-17-16-13-8-5-4-6-10-18(13)14/h12,15H,3-11H2,1-2H3. The van der Waals surface area contributed by atoms with Gasteiger partial charge in [0.2, 0.25) is 0 Å². The highest BCUT2D eigenvalue weighted by molar-refractivity contribution is 7.99. The number of nitrogens with zero attached hydrogens (tertiary/aromatic N) is 3. The van der Waals surface area contributed by atoms with Gasteiger partial charge in [0.05, 0.1) is 6.04 Å². The number of hydrogen-bond acceptors (Lipinski definition) is 4. The van der Waals surface area contributed by atoms with Gasteiger partial charge in [-0.3, -0.25) is 0 Å². The average molecular weight is 282 g/mol. The maximum absolute atomic E-state index is 4.40. The summed E-state index contributed by atoms with van der Waals surface area (Å²) in [6, 6.07) is 0.311. The summed E-state index contributed by atoms with van der Waals surface area (Å²) in [7, 11) is 0. The van der Waals surface area contributed by atoms with Crippen LogP contribution in [0, 0.1) is 0 Å². The Morgan fingerprint density at radius 3 is 3.05 bits per heavy atom. The highest BCUT2D eigenvalue weighted by atomic mass is 32.2. The lowest BCUT2D eigenvalue weighted by Crippen LogP contribution is -2.24. The second-order valence-electron chi connectivity index (χ2n) is 5.16. The first-order chi connectivity index (χ1) is 9.33. The van der Waals surface area contributed by atoms with Gasteiger partial charge in [-0.1, -0.05) is 13.3 Å². The van der Waals surface area contributed by atoms with Gasteiger partial charge < -0.3 is 9.88 Å². The lowest BCUT2D eigenvalue weighted by Gasteiger charge is -2.15. The smallest absolute Gasteiger partial charge is 0.149 e. The third-order valence-electron chi connectivity index (χ3n) is 3.65. The first kappa shape index (κ1) is 14.9. The highest BCUT2D eigenvalue weighted by Crippen LogP contribution is 2.18. The summed E-state index contributed by atoms with van der Waals surface area (Å²) in [6.45, 7) is 6.58. The van der Waals surface area contributed by atoms with E-state index in [1.807, 2.05) is 11.8 Å². The van der Waals surface area contributed by atoms with Crippen LogP contribution in [0.25, 0.3) is 0 Å². The van der Waals surface area contributed by atoms with Gasteiger partial charge in [-0.2, -0.15) is 11.8 Å². The van der Waals surface area contributed by atoms with E-state index in [1.165, 1.54) is 43.0 Å². The zero-order valence-electron chi connectivity index (χ0n) is 12.2. The molecule has 0 saturated heterocycles. The summed E-state index contributed by atoms with van der Waals surface area (Å²) in [5.41, 5.74) is 0. The Morgan fingerprint density at radius 1 is 1.32 bits per heavy atom. The fraction of sp³-hybridized carbons (Fsp3) is 0.857. The molecule has 0 fully saturated rings. The third kappa shape index (κ3) is 4.21. The third-order valence-corrected chi connectivity index (χ3v) is 4.63. The van der Waals surface area contributed by atoms with Crippen molar-refractivity contribution in [1.29, 1.82) is 0 Å². The van der Waals surface area contributed by atoms with Crippen LogP contribution >= 0.6 is 11.8 Å². The lowest BCUT2D eigenvalue weighted by atomic mass is 10.2. The molecule has 1 aliphatic rings. The number of fused-ring (bicyclic) bond motifs is 1. The Kier molecular flexibility index (Phi) is 6.17. The van der Waals surface area contributed by atoms with E-state index in [2.05, 4.69) is 33.9 Å². The Balaban J connectivity index is 1.85. The molecular weight excluding hydrogens is 256 g/mol.